The van der Waals surface area contributed by atoms with Crippen molar-refractivity contribution in [2.24, 2.45) is 0 Å². The van der Waals surface area contributed by atoms with E-state index in [0.717, 1.165) is 44.3 Å². The van der Waals surface area contributed by atoms with Crippen molar-refractivity contribution in [3.63, 3.8) is 0 Å². The first-order valence-electron chi connectivity index (χ1n) is 9.22. The lowest BCUT2D eigenvalue weighted by atomic mass is 9.90. The van der Waals surface area contributed by atoms with Gasteiger partial charge in [0.2, 0.25) is 0 Å². The van der Waals surface area contributed by atoms with E-state index in [9.17, 15) is 4.79 Å². The van der Waals surface area contributed by atoms with Crippen molar-refractivity contribution in [1.29, 1.82) is 0 Å². The molecule has 0 saturated heterocycles. The second-order valence-corrected chi connectivity index (χ2v) is 7.01. The Balaban J connectivity index is 2.11. The molecule has 3 nitrogen and oxygen atoms in total. The molecule has 0 N–H and O–H groups in total. The molecule has 140 valence electrons. The highest BCUT2D eigenvalue weighted by atomic mass is 16.5. The number of rotatable bonds is 4. The minimum absolute atomic E-state index is 0.0640. The Bertz CT molecular complexity index is 1200. The normalized spacial score (nSPS) is 11.0. The van der Waals surface area contributed by atoms with E-state index >= 15 is 0 Å². The number of fused-ring (bicyclic) bond motifs is 3. The van der Waals surface area contributed by atoms with Gasteiger partial charge in [0.15, 0.2) is 5.78 Å². The van der Waals surface area contributed by atoms with E-state index < -0.39 is 0 Å². The van der Waals surface area contributed by atoms with Crippen LogP contribution in [0.3, 0.4) is 0 Å². The third kappa shape index (κ3) is 2.99. The minimum Gasteiger partial charge on any atom is -0.497 e. The van der Waals surface area contributed by atoms with Crippen molar-refractivity contribution in [2.45, 2.75) is 13.8 Å². The van der Waals surface area contributed by atoms with E-state index in [0.29, 0.717) is 5.56 Å². The maximum atomic E-state index is 12.0. The molecule has 0 spiro atoms. The Kier molecular flexibility index (Phi) is 4.52. The summed E-state index contributed by atoms with van der Waals surface area (Å²) in [6, 6.07) is 20.3. The lowest BCUT2D eigenvalue weighted by Gasteiger charge is -2.15. The van der Waals surface area contributed by atoms with Crippen molar-refractivity contribution >= 4 is 27.3 Å². The largest absolute Gasteiger partial charge is 0.497 e. The van der Waals surface area contributed by atoms with Gasteiger partial charge in [0.1, 0.15) is 11.5 Å². The zero-order valence-electron chi connectivity index (χ0n) is 16.5. The van der Waals surface area contributed by atoms with Crippen LogP contribution in [0.2, 0.25) is 0 Å². The molecule has 0 atom stereocenters. The first-order chi connectivity index (χ1) is 13.5. The van der Waals surface area contributed by atoms with Gasteiger partial charge in [-0.05, 0) is 88.5 Å². The van der Waals surface area contributed by atoms with Crippen LogP contribution in [0.1, 0.15) is 22.8 Å². The summed E-state index contributed by atoms with van der Waals surface area (Å²) in [5.41, 5.74) is 4.03. The summed E-state index contributed by atoms with van der Waals surface area (Å²) < 4.78 is 10.8. The summed E-state index contributed by atoms with van der Waals surface area (Å²) in [6.45, 7) is 3.70. The maximum absolute atomic E-state index is 12.0. The van der Waals surface area contributed by atoms with Crippen LogP contribution in [0.25, 0.3) is 32.7 Å². The molecule has 3 heteroatoms. The number of ketones is 1. The molecule has 0 aromatic heterocycles. The predicted octanol–water partition coefficient (Wildman–Crippen LogP) is 6.19. The van der Waals surface area contributed by atoms with Gasteiger partial charge in [-0.25, -0.2) is 0 Å². The van der Waals surface area contributed by atoms with Gasteiger partial charge in [0.25, 0.3) is 0 Å². The molecule has 0 heterocycles. The Morgan fingerprint density at radius 1 is 0.786 bits per heavy atom. The van der Waals surface area contributed by atoms with Gasteiger partial charge in [0, 0.05) is 5.56 Å². The minimum atomic E-state index is 0.0640. The van der Waals surface area contributed by atoms with Crippen molar-refractivity contribution in [3.8, 4) is 22.6 Å². The lowest BCUT2D eigenvalue weighted by Crippen LogP contribution is -1.94. The van der Waals surface area contributed by atoms with Crippen LogP contribution in [0.15, 0.2) is 60.7 Å². The van der Waals surface area contributed by atoms with Gasteiger partial charge < -0.3 is 9.47 Å². The summed E-state index contributed by atoms with van der Waals surface area (Å²) in [7, 11) is 3.35. The average molecular weight is 370 g/mol. The van der Waals surface area contributed by atoms with E-state index in [1.54, 1.807) is 21.1 Å². The topological polar surface area (TPSA) is 35.5 Å². The van der Waals surface area contributed by atoms with E-state index in [2.05, 4.69) is 25.1 Å². The van der Waals surface area contributed by atoms with Gasteiger partial charge in [0.05, 0.1) is 14.2 Å². The van der Waals surface area contributed by atoms with Gasteiger partial charge in [-0.3, -0.25) is 4.79 Å². The molecule has 0 bridgehead atoms. The number of Topliss-reactive ketones (excluding diaryl/α,β-unsaturated/α-hetero) is 1. The molecule has 0 unspecified atom stereocenters. The fourth-order valence-electron chi connectivity index (χ4n) is 3.83. The van der Waals surface area contributed by atoms with E-state index in [1.807, 2.05) is 42.5 Å². The highest BCUT2D eigenvalue weighted by molar-refractivity contribution is 6.16. The third-order valence-electron chi connectivity index (χ3n) is 5.26. The third-order valence-corrected chi connectivity index (χ3v) is 5.26. The van der Waals surface area contributed by atoms with E-state index in [1.165, 1.54) is 5.39 Å². The summed E-state index contributed by atoms with van der Waals surface area (Å²) in [5.74, 6) is 1.72. The molecule has 4 aromatic carbocycles. The van der Waals surface area contributed by atoms with Crippen molar-refractivity contribution in [3.05, 3.63) is 71.8 Å². The first-order valence-corrected chi connectivity index (χ1v) is 9.22. The number of aryl methyl sites for hydroxylation is 1. The Hall–Kier alpha value is -3.33. The highest BCUT2D eigenvalue weighted by Crippen LogP contribution is 2.39. The average Bonchev–Trinajstić information content (AvgIpc) is 2.72. The molecule has 0 saturated carbocycles. The Morgan fingerprint density at radius 2 is 1.50 bits per heavy atom. The Labute approximate surface area is 164 Å². The molecule has 0 amide bonds. The SMILES string of the molecule is COc1ccc(-c2cc3cc(OC)cc(C)c3c3ccc(C(C)=O)cc23)cc1. The van der Waals surface area contributed by atoms with Crippen LogP contribution in [-0.2, 0) is 0 Å². The van der Waals surface area contributed by atoms with Crippen LogP contribution in [-0.4, -0.2) is 20.0 Å². The molecule has 0 fully saturated rings. The van der Waals surface area contributed by atoms with Crippen molar-refractivity contribution in [2.75, 3.05) is 14.2 Å². The lowest BCUT2D eigenvalue weighted by molar-refractivity contribution is 0.101. The molecule has 28 heavy (non-hydrogen) atoms. The summed E-state index contributed by atoms with van der Waals surface area (Å²) in [6.07, 6.45) is 0. The molecular weight excluding hydrogens is 348 g/mol. The molecular formula is C25H22O3. The predicted molar refractivity (Wildman–Crippen MR) is 115 cm³/mol. The number of hydrogen-bond donors (Lipinski definition) is 0. The number of methoxy groups -OCH3 is 2. The molecule has 4 rings (SSSR count). The zero-order chi connectivity index (χ0) is 19.8. The monoisotopic (exact) mass is 370 g/mol. The fourth-order valence-corrected chi connectivity index (χ4v) is 3.83. The highest BCUT2D eigenvalue weighted by Gasteiger charge is 2.13. The van der Waals surface area contributed by atoms with E-state index in [4.69, 9.17) is 9.47 Å². The molecule has 4 aromatic rings. The number of hydrogen-bond acceptors (Lipinski definition) is 3. The van der Waals surface area contributed by atoms with E-state index in [-0.39, 0.29) is 5.78 Å². The summed E-state index contributed by atoms with van der Waals surface area (Å²) in [5, 5.41) is 4.50. The van der Waals surface area contributed by atoms with Gasteiger partial charge >= 0.3 is 0 Å². The van der Waals surface area contributed by atoms with Crippen molar-refractivity contribution in [1.82, 2.24) is 0 Å². The van der Waals surface area contributed by atoms with Crippen LogP contribution in [0, 0.1) is 6.92 Å². The second-order valence-electron chi connectivity index (χ2n) is 7.01. The maximum Gasteiger partial charge on any atom is 0.159 e. The number of carbonyl (C=O) groups excluding carboxylic acids is 1. The number of carbonyl (C=O) groups is 1. The van der Waals surface area contributed by atoms with Gasteiger partial charge in [-0.15, -0.1) is 0 Å². The van der Waals surface area contributed by atoms with Gasteiger partial charge in [-0.2, -0.15) is 0 Å². The number of ether oxygens (including phenoxy) is 2. The van der Waals surface area contributed by atoms with Gasteiger partial charge in [-0.1, -0.05) is 24.3 Å². The Morgan fingerprint density at radius 3 is 2.14 bits per heavy atom. The van der Waals surface area contributed by atoms with Crippen LogP contribution < -0.4 is 9.47 Å². The summed E-state index contributed by atoms with van der Waals surface area (Å²) >= 11 is 0. The molecule has 0 radical (unpaired) electrons. The fraction of sp³-hybridized carbons (Fsp3) is 0.160. The molecule has 0 aliphatic rings. The zero-order valence-corrected chi connectivity index (χ0v) is 16.5. The standard InChI is InChI=1S/C25H22O3/c1-15-11-21(28-4)12-19-14-23(17-5-8-20(27-3)9-6-17)24-13-18(16(2)26)7-10-22(24)25(15)19/h5-14H,1-4H3. The van der Waals surface area contributed by atoms with Crippen LogP contribution in [0.5, 0.6) is 11.5 Å². The number of benzene rings is 4. The van der Waals surface area contributed by atoms with Crippen LogP contribution in [0.4, 0.5) is 0 Å². The second kappa shape index (κ2) is 7.01. The van der Waals surface area contributed by atoms with Crippen LogP contribution >= 0.6 is 0 Å². The smallest absolute Gasteiger partial charge is 0.159 e. The van der Waals surface area contributed by atoms with Crippen molar-refractivity contribution < 1.29 is 14.3 Å². The quantitative estimate of drug-likeness (QED) is 0.317. The molecule has 0 aliphatic heterocycles. The first kappa shape index (κ1) is 18.1. The molecule has 0 aliphatic carbocycles. The summed E-state index contributed by atoms with van der Waals surface area (Å²) in [4.78, 5) is 12.0.